The standard InChI is InChI=1S/C12H14FN3OS/c1-15(2)5-6-16-11(17)9-7-8(13)3-4-10(9)14-12(16)18/h3-4,7,9H,5-6H2,1-2H3. The van der Waals surface area contributed by atoms with Gasteiger partial charge in [0.15, 0.2) is 0 Å². The molecular formula is C12H14FN3OS. The second kappa shape index (κ2) is 5.07. The lowest BCUT2D eigenvalue weighted by atomic mass is 9.95. The lowest BCUT2D eigenvalue weighted by Crippen LogP contribution is -2.48. The van der Waals surface area contributed by atoms with Gasteiger partial charge in [-0.2, -0.15) is 0 Å². The number of nitrogens with zero attached hydrogens (tertiary/aromatic N) is 3. The number of carbonyl (C=O) groups excluding carboxylic acids is 1. The molecule has 2 aliphatic rings. The number of thiocarbonyl (C=S) groups is 1. The Morgan fingerprint density at radius 1 is 1.50 bits per heavy atom. The number of carbonyl (C=O) groups is 1. The number of rotatable bonds is 3. The molecule has 0 aromatic rings. The molecule has 1 aliphatic heterocycles. The Kier molecular flexibility index (Phi) is 3.68. The average molecular weight is 267 g/mol. The first kappa shape index (κ1) is 13.0. The Bertz CT molecular complexity index is 482. The van der Waals surface area contributed by atoms with Crippen LogP contribution in [0.3, 0.4) is 0 Å². The minimum atomic E-state index is -0.635. The zero-order valence-electron chi connectivity index (χ0n) is 10.3. The van der Waals surface area contributed by atoms with Crippen LogP contribution >= 0.6 is 12.2 Å². The van der Waals surface area contributed by atoms with Gasteiger partial charge in [-0.1, -0.05) is 0 Å². The summed E-state index contributed by atoms with van der Waals surface area (Å²) in [7, 11) is 3.82. The molecule has 0 fully saturated rings. The van der Waals surface area contributed by atoms with E-state index < -0.39 is 11.7 Å². The van der Waals surface area contributed by atoms with Gasteiger partial charge in [-0.05, 0) is 44.5 Å². The smallest absolute Gasteiger partial charge is 0.241 e. The van der Waals surface area contributed by atoms with E-state index in [1.54, 1.807) is 0 Å². The SMILES string of the molecule is CN(C)CCN1C(=O)C2C=C(F)C=CC2=NC1=S. The lowest BCUT2D eigenvalue weighted by Gasteiger charge is -2.31. The van der Waals surface area contributed by atoms with Gasteiger partial charge in [0, 0.05) is 13.1 Å². The minimum absolute atomic E-state index is 0.202. The summed E-state index contributed by atoms with van der Waals surface area (Å²) in [5.74, 6) is -1.25. The molecular weight excluding hydrogens is 253 g/mol. The summed E-state index contributed by atoms with van der Waals surface area (Å²) in [4.78, 5) is 19.8. The van der Waals surface area contributed by atoms with E-state index in [-0.39, 0.29) is 11.0 Å². The van der Waals surface area contributed by atoms with E-state index in [9.17, 15) is 9.18 Å². The first-order valence-electron chi connectivity index (χ1n) is 5.63. The third-order valence-electron chi connectivity index (χ3n) is 2.82. The van der Waals surface area contributed by atoms with Crippen LogP contribution in [0.15, 0.2) is 29.0 Å². The maximum atomic E-state index is 13.2. The van der Waals surface area contributed by atoms with Crippen molar-refractivity contribution in [2.24, 2.45) is 10.9 Å². The van der Waals surface area contributed by atoms with Crippen molar-refractivity contribution in [2.45, 2.75) is 0 Å². The number of hydrogen-bond donors (Lipinski definition) is 0. The first-order valence-corrected chi connectivity index (χ1v) is 6.04. The van der Waals surface area contributed by atoms with Crippen LogP contribution in [0.25, 0.3) is 0 Å². The predicted octanol–water partition coefficient (Wildman–Crippen LogP) is 1.16. The fourth-order valence-corrected chi connectivity index (χ4v) is 2.10. The highest BCUT2D eigenvalue weighted by molar-refractivity contribution is 7.80. The number of likely N-dealkylation sites (N-methyl/N-ethyl adjacent to an activating group) is 1. The molecule has 0 bridgehead atoms. The molecule has 0 saturated heterocycles. The van der Waals surface area contributed by atoms with E-state index in [4.69, 9.17) is 12.2 Å². The van der Waals surface area contributed by atoms with Gasteiger partial charge in [0.05, 0.1) is 5.71 Å². The van der Waals surface area contributed by atoms with Gasteiger partial charge in [0.2, 0.25) is 11.0 Å². The van der Waals surface area contributed by atoms with E-state index in [0.29, 0.717) is 18.8 Å². The summed E-state index contributed by atoms with van der Waals surface area (Å²) in [6.45, 7) is 1.16. The summed E-state index contributed by atoms with van der Waals surface area (Å²) in [6, 6.07) is 0. The first-order chi connectivity index (χ1) is 8.49. The second-order valence-electron chi connectivity index (χ2n) is 4.47. The van der Waals surface area contributed by atoms with E-state index in [1.165, 1.54) is 23.1 Å². The van der Waals surface area contributed by atoms with Crippen molar-refractivity contribution in [2.75, 3.05) is 27.2 Å². The van der Waals surface area contributed by atoms with Gasteiger partial charge in [-0.3, -0.25) is 9.69 Å². The summed E-state index contributed by atoms with van der Waals surface area (Å²) in [5, 5.41) is 0.258. The van der Waals surface area contributed by atoms with Crippen molar-refractivity contribution in [3.05, 3.63) is 24.1 Å². The predicted molar refractivity (Wildman–Crippen MR) is 72.1 cm³/mol. The highest BCUT2D eigenvalue weighted by Gasteiger charge is 2.34. The summed E-state index contributed by atoms with van der Waals surface area (Å²) >= 11 is 5.10. The number of halogens is 1. The molecule has 1 aliphatic carbocycles. The van der Waals surface area contributed by atoms with Crippen molar-refractivity contribution < 1.29 is 9.18 Å². The molecule has 0 spiro atoms. The Hall–Kier alpha value is -1.40. The van der Waals surface area contributed by atoms with E-state index in [0.717, 1.165) is 0 Å². The van der Waals surface area contributed by atoms with Crippen molar-refractivity contribution in [1.29, 1.82) is 0 Å². The van der Waals surface area contributed by atoms with Gasteiger partial charge in [0.25, 0.3) is 0 Å². The highest BCUT2D eigenvalue weighted by atomic mass is 32.1. The number of aliphatic imine (C=N–C) groups is 1. The maximum absolute atomic E-state index is 13.2. The normalized spacial score (nSPS) is 23.1. The third kappa shape index (κ3) is 2.54. The monoisotopic (exact) mass is 267 g/mol. The van der Waals surface area contributed by atoms with Gasteiger partial charge in [-0.15, -0.1) is 0 Å². The van der Waals surface area contributed by atoms with Crippen LogP contribution in [0.5, 0.6) is 0 Å². The summed E-state index contributed by atoms with van der Waals surface area (Å²) < 4.78 is 13.2. The molecule has 0 aromatic heterocycles. The van der Waals surface area contributed by atoms with Crippen LogP contribution in [-0.2, 0) is 4.79 Å². The van der Waals surface area contributed by atoms with Gasteiger partial charge in [-0.25, -0.2) is 9.38 Å². The van der Waals surface area contributed by atoms with Crippen molar-refractivity contribution in [1.82, 2.24) is 9.80 Å². The molecule has 1 amide bonds. The number of hydrogen-bond acceptors (Lipinski definition) is 3. The lowest BCUT2D eigenvalue weighted by molar-refractivity contribution is -0.128. The Balaban J connectivity index is 2.21. The molecule has 0 saturated carbocycles. The number of allylic oxidation sites excluding steroid dienone is 3. The molecule has 18 heavy (non-hydrogen) atoms. The zero-order chi connectivity index (χ0) is 13.3. The van der Waals surface area contributed by atoms with Crippen molar-refractivity contribution in [3.8, 4) is 0 Å². The molecule has 0 N–H and O–H groups in total. The van der Waals surface area contributed by atoms with Crippen molar-refractivity contribution >= 4 is 28.9 Å². The average Bonchev–Trinajstić information content (AvgIpc) is 2.30. The van der Waals surface area contributed by atoms with Crippen molar-refractivity contribution in [3.63, 3.8) is 0 Å². The number of fused-ring (bicyclic) bond motifs is 1. The molecule has 1 unspecified atom stereocenters. The van der Waals surface area contributed by atoms with Gasteiger partial charge < -0.3 is 4.90 Å². The van der Waals surface area contributed by atoms with Gasteiger partial charge >= 0.3 is 0 Å². The Morgan fingerprint density at radius 3 is 2.89 bits per heavy atom. The summed E-state index contributed by atoms with van der Waals surface area (Å²) in [5.41, 5.74) is 0.521. The molecule has 0 aromatic carbocycles. The Labute approximate surface area is 110 Å². The zero-order valence-corrected chi connectivity index (χ0v) is 11.1. The van der Waals surface area contributed by atoms with E-state index >= 15 is 0 Å². The van der Waals surface area contributed by atoms with Crippen LogP contribution in [-0.4, -0.2) is 53.7 Å². The fraction of sp³-hybridized carbons (Fsp3) is 0.417. The molecule has 0 radical (unpaired) electrons. The largest absolute Gasteiger partial charge is 0.308 e. The molecule has 1 heterocycles. The molecule has 96 valence electrons. The molecule has 4 nitrogen and oxygen atoms in total. The second-order valence-corrected chi connectivity index (χ2v) is 4.84. The quantitative estimate of drug-likeness (QED) is 0.720. The van der Waals surface area contributed by atoms with Crippen LogP contribution in [0.2, 0.25) is 0 Å². The number of amides is 1. The van der Waals surface area contributed by atoms with E-state index in [2.05, 4.69) is 4.99 Å². The van der Waals surface area contributed by atoms with E-state index in [1.807, 2.05) is 19.0 Å². The molecule has 2 rings (SSSR count). The topological polar surface area (TPSA) is 35.9 Å². The molecule has 6 heteroatoms. The Morgan fingerprint density at radius 2 is 2.22 bits per heavy atom. The third-order valence-corrected chi connectivity index (χ3v) is 3.13. The molecule has 1 atom stereocenters. The van der Waals surface area contributed by atoms with Crippen LogP contribution in [0.1, 0.15) is 0 Å². The van der Waals surface area contributed by atoms with Gasteiger partial charge in [0.1, 0.15) is 11.7 Å². The van der Waals surface area contributed by atoms with Crippen LogP contribution in [0.4, 0.5) is 4.39 Å². The van der Waals surface area contributed by atoms with Crippen LogP contribution < -0.4 is 0 Å². The minimum Gasteiger partial charge on any atom is -0.308 e. The maximum Gasteiger partial charge on any atom is 0.241 e. The van der Waals surface area contributed by atoms with Crippen LogP contribution in [0, 0.1) is 5.92 Å². The highest BCUT2D eigenvalue weighted by Crippen LogP contribution is 2.22. The fourth-order valence-electron chi connectivity index (χ4n) is 1.81. The summed E-state index contributed by atoms with van der Waals surface area (Å²) in [6.07, 6.45) is 4.08.